The van der Waals surface area contributed by atoms with E-state index in [4.69, 9.17) is 15.2 Å². The largest absolute Gasteiger partial charge is 0.454 e. The number of hydrogen-bond donors (Lipinski definition) is 2. The molecule has 0 fully saturated rings. The van der Waals surface area contributed by atoms with Crippen molar-refractivity contribution in [1.82, 2.24) is 10.3 Å². The van der Waals surface area contributed by atoms with Crippen molar-refractivity contribution >= 4 is 33.1 Å². The van der Waals surface area contributed by atoms with Crippen LogP contribution in [-0.2, 0) is 6.54 Å². The van der Waals surface area contributed by atoms with Crippen LogP contribution in [0.5, 0.6) is 11.5 Å². The molecule has 3 heterocycles. The molecule has 7 heteroatoms. The second kappa shape index (κ2) is 5.68. The van der Waals surface area contributed by atoms with Crippen molar-refractivity contribution in [3.8, 4) is 11.5 Å². The summed E-state index contributed by atoms with van der Waals surface area (Å²) in [4.78, 5) is 18.2. The molecule has 0 atom stereocenters. The maximum absolute atomic E-state index is 12.5. The number of benzene rings is 1. The SMILES string of the molecule is Cc1ccc2c(N)c(C(=O)NCc3ccc4c(c3)OCO4)sc2n1. The number of nitrogens with two attached hydrogens (primary N) is 1. The second-order valence-corrected chi connectivity index (χ2v) is 6.52. The number of ether oxygens (including phenoxy) is 2. The summed E-state index contributed by atoms with van der Waals surface area (Å²) < 4.78 is 10.6. The molecule has 0 radical (unpaired) electrons. The van der Waals surface area contributed by atoms with Crippen LogP contribution in [0.2, 0.25) is 0 Å². The minimum absolute atomic E-state index is 0.203. The Hall–Kier alpha value is -2.80. The molecule has 1 aromatic carbocycles. The molecule has 0 saturated carbocycles. The Balaban J connectivity index is 1.53. The number of anilines is 1. The van der Waals surface area contributed by atoms with Crippen LogP contribution in [0.15, 0.2) is 30.3 Å². The van der Waals surface area contributed by atoms with E-state index in [9.17, 15) is 4.79 Å². The van der Waals surface area contributed by atoms with Gasteiger partial charge in [-0.25, -0.2) is 4.98 Å². The minimum Gasteiger partial charge on any atom is -0.454 e. The maximum Gasteiger partial charge on any atom is 0.263 e. The minimum atomic E-state index is -0.203. The Morgan fingerprint density at radius 2 is 2.12 bits per heavy atom. The smallest absolute Gasteiger partial charge is 0.263 e. The van der Waals surface area contributed by atoms with Gasteiger partial charge in [0.05, 0.1) is 5.69 Å². The Kier molecular flexibility index (Phi) is 3.50. The number of thiophene rings is 1. The van der Waals surface area contributed by atoms with Crippen LogP contribution in [0.3, 0.4) is 0 Å². The van der Waals surface area contributed by atoms with Crippen LogP contribution in [-0.4, -0.2) is 17.7 Å². The summed E-state index contributed by atoms with van der Waals surface area (Å²) in [6.45, 7) is 2.53. The highest BCUT2D eigenvalue weighted by molar-refractivity contribution is 7.21. The normalized spacial score (nSPS) is 12.5. The predicted molar refractivity (Wildman–Crippen MR) is 92.5 cm³/mol. The fourth-order valence-electron chi connectivity index (χ4n) is 2.57. The van der Waals surface area contributed by atoms with E-state index in [0.717, 1.165) is 27.2 Å². The van der Waals surface area contributed by atoms with Crippen molar-refractivity contribution in [2.45, 2.75) is 13.5 Å². The average Bonchev–Trinajstić information content (AvgIpc) is 3.16. The number of pyridine rings is 1. The molecule has 3 aromatic rings. The van der Waals surface area contributed by atoms with E-state index in [0.29, 0.717) is 22.9 Å². The third-order valence-electron chi connectivity index (χ3n) is 3.83. The van der Waals surface area contributed by atoms with Crippen molar-refractivity contribution in [2.24, 2.45) is 0 Å². The van der Waals surface area contributed by atoms with Gasteiger partial charge in [0.15, 0.2) is 11.5 Å². The number of aromatic nitrogens is 1. The first-order chi connectivity index (χ1) is 11.6. The third-order valence-corrected chi connectivity index (χ3v) is 4.94. The monoisotopic (exact) mass is 341 g/mol. The van der Waals surface area contributed by atoms with Crippen molar-refractivity contribution < 1.29 is 14.3 Å². The summed E-state index contributed by atoms with van der Waals surface area (Å²) in [5, 5.41) is 3.71. The first kappa shape index (κ1) is 14.8. The summed E-state index contributed by atoms with van der Waals surface area (Å²) in [7, 11) is 0. The van der Waals surface area contributed by atoms with Crippen LogP contribution in [0.25, 0.3) is 10.2 Å². The molecule has 4 rings (SSSR count). The lowest BCUT2D eigenvalue weighted by Crippen LogP contribution is -2.22. The number of fused-ring (bicyclic) bond motifs is 2. The van der Waals surface area contributed by atoms with Gasteiger partial charge in [0, 0.05) is 17.6 Å². The van der Waals surface area contributed by atoms with E-state index in [1.807, 2.05) is 37.3 Å². The second-order valence-electron chi connectivity index (χ2n) is 5.52. The molecule has 0 bridgehead atoms. The quantitative estimate of drug-likeness (QED) is 0.765. The molecule has 0 saturated heterocycles. The average molecular weight is 341 g/mol. The zero-order valence-corrected chi connectivity index (χ0v) is 13.8. The van der Waals surface area contributed by atoms with Crippen LogP contribution in [0.1, 0.15) is 20.9 Å². The number of hydrogen-bond acceptors (Lipinski definition) is 6. The molecule has 0 aliphatic carbocycles. The van der Waals surface area contributed by atoms with E-state index in [2.05, 4.69) is 10.3 Å². The molecule has 1 amide bonds. The Bertz CT molecular complexity index is 952. The lowest BCUT2D eigenvalue weighted by atomic mass is 10.2. The van der Waals surface area contributed by atoms with Crippen molar-refractivity contribution in [3.05, 3.63) is 46.5 Å². The number of nitrogens with one attached hydrogen (secondary N) is 1. The highest BCUT2D eigenvalue weighted by atomic mass is 32.1. The lowest BCUT2D eigenvalue weighted by molar-refractivity contribution is 0.0955. The fourth-order valence-corrected chi connectivity index (χ4v) is 3.63. The highest BCUT2D eigenvalue weighted by Crippen LogP contribution is 2.33. The van der Waals surface area contributed by atoms with E-state index in [1.165, 1.54) is 11.3 Å². The third kappa shape index (κ3) is 2.52. The van der Waals surface area contributed by atoms with Crippen molar-refractivity contribution in [1.29, 1.82) is 0 Å². The maximum atomic E-state index is 12.5. The van der Waals surface area contributed by atoms with E-state index in [1.54, 1.807) is 0 Å². The standard InChI is InChI=1S/C17H15N3O3S/c1-9-2-4-11-14(18)15(24-17(11)20-9)16(21)19-7-10-3-5-12-13(6-10)23-8-22-12/h2-6H,7-8,18H2,1H3,(H,19,21). The highest BCUT2D eigenvalue weighted by Gasteiger charge is 2.18. The zero-order valence-electron chi connectivity index (χ0n) is 13.0. The van der Waals surface area contributed by atoms with Gasteiger partial charge >= 0.3 is 0 Å². The van der Waals surface area contributed by atoms with Crippen LogP contribution < -0.4 is 20.5 Å². The summed E-state index contributed by atoms with van der Waals surface area (Å²) in [5.74, 6) is 1.22. The van der Waals surface area contributed by atoms with E-state index >= 15 is 0 Å². The number of carbonyl (C=O) groups is 1. The van der Waals surface area contributed by atoms with E-state index in [-0.39, 0.29) is 12.7 Å². The van der Waals surface area contributed by atoms with Gasteiger partial charge in [-0.15, -0.1) is 11.3 Å². The van der Waals surface area contributed by atoms with Gasteiger partial charge in [0.1, 0.15) is 9.71 Å². The number of nitrogen functional groups attached to an aromatic ring is 1. The van der Waals surface area contributed by atoms with Crippen LogP contribution in [0.4, 0.5) is 5.69 Å². The molecular formula is C17H15N3O3S. The summed E-state index contributed by atoms with van der Waals surface area (Å²) >= 11 is 1.31. The van der Waals surface area contributed by atoms with Gasteiger partial charge in [-0.2, -0.15) is 0 Å². The molecule has 122 valence electrons. The molecule has 0 unspecified atom stereocenters. The molecule has 0 spiro atoms. The van der Waals surface area contributed by atoms with Gasteiger partial charge in [0.25, 0.3) is 5.91 Å². The van der Waals surface area contributed by atoms with Crippen molar-refractivity contribution in [2.75, 3.05) is 12.5 Å². The molecular weight excluding hydrogens is 326 g/mol. The Labute approximate surface area is 142 Å². The molecule has 6 nitrogen and oxygen atoms in total. The van der Waals surface area contributed by atoms with Gasteiger partial charge in [-0.3, -0.25) is 4.79 Å². The lowest BCUT2D eigenvalue weighted by Gasteiger charge is -2.05. The van der Waals surface area contributed by atoms with Crippen LogP contribution >= 0.6 is 11.3 Å². The summed E-state index contributed by atoms with van der Waals surface area (Å²) in [6, 6.07) is 9.39. The van der Waals surface area contributed by atoms with Gasteiger partial charge in [0.2, 0.25) is 6.79 Å². The predicted octanol–water partition coefficient (Wildman–Crippen LogP) is 2.85. The van der Waals surface area contributed by atoms with Gasteiger partial charge < -0.3 is 20.5 Å². The number of carbonyl (C=O) groups excluding carboxylic acids is 1. The Morgan fingerprint density at radius 1 is 1.29 bits per heavy atom. The van der Waals surface area contributed by atoms with Crippen molar-refractivity contribution in [3.63, 3.8) is 0 Å². The molecule has 1 aliphatic rings. The molecule has 24 heavy (non-hydrogen) atoms. The summed E-state index contributed by atoms with van der Waals surface area (Å²) in [6.07, 6.45) is 0. The number of rotatable bonds is 3. The molecule has 2 aromatic heterocycles. The van der Waals surface area contributed by atoms with Gasteiger partial charge in [-0.05, 0) is 36.8 Å². The zero-order chi connectivity index (χ0) is 16.7. The number of amides is 1. The molecule has 1 aliphatic heterocycles. The van der Waals surface area contributed by atoms with E-state index < -0.39 is 0 Å². The first-order valence-electron chi connectivity index (χ1n) is 7.44. The first-order valence-corrected chi connectivity index (χ1v) is 8.26. The topological polar surface area (TPSA) is 86.5 Å². The van der Waals surface area contributed by atoms with Gasteiger partial charge in [-0.1, -0.05) is 6.07 Å². The Morgan fingerprint density at radius 3 is 3.00 bits per heavy atom. The number of aryl methyl sites for hydroxylation is 1. The summed E-state index contributed by atoms with van der Waals surface area (Å²) in [5.41, 5.74) is 8.41. The van der Waals surface area contributed by atoms with Crippen LogP contribution in [0, 0.1) is 6.92 Å². The molecule has 3 N–H and O–H groups in total. The fraction of sp³-hybridized carbons (Fsp3) is 0.176. The number of nitrogens with zero attached hydrogens (tertiary/aromatic N) is 1.